The minimum atomic E-state index is -3.76. The summed E-state index contributed by atoms with van der Waals surface area (Å²) in [6.45, 7) is 2.42. The van der Waals surface area contributed by atoms with Gasteiger partial charge in [0.1, 0.15) is 11.8 Å². The lowest BCUT2D eigenvalue weighted by molar-refractivity contribution is -0.137. The summed E-state index contributed by atoms with van der Waals surface area (Å²) >= 11 is 0. The summed E-state index contributed by atoms with van der Waals surface area (Å²) in [5, 5.41) is 2.88. The molecule has 210 valence electrons. The van der Waals surface area contributed by atoms with Crippen LogP contribution in [-0.4, -0.2) is 76.9 Å². The fourth-order valence-corrected chi connectivity index (χ4v) is 7.03. The number of amides is 2. The average molecular weight is 566 g/mol. The quantitative estimate of drug-likeness (QED) is 0.394. The Morgan fingerprint density at radius 1 is 1.18 bits per heavy atom. The van der Waals surface area contributed by atoms with Gasteiger partial charge in [0.25, 0.3) is 5.91 Å². The summed E-state index contributed by atoms with van der Waals surface area (Å²) in [6, 6.07) is 10.8. The van der Waals surface area contributed by atoms with Gasteiger partial charge < -0.3 is 14.6 Å². The van der Waals surface area contributed by atoms with E-state index in [9.17, 15) is 22.8 Å². The summed E-state index contributed by atoms with van der Waals surface area (Å²) in [4.78, 5) is 48.0. The molecule has 0 spiro atoms. The van der Waals surface area contributed by atoms with Crippen molar-refractivity contribution in [2.45, 2.75) is 44.0 Å². The third-order valence-corrected chi connectivity index (χ3v) is 9.20. The number of likely N-dealkylation sites (tertiary alicyclic amines) is 1. The van der Waals surface area contributed by atoms with E-state index in [-0.39, 0.29) is 42.2 Å². The SMILES string of the molecule is CC(CCNC(=O)c1ccc(-c2cnco2)cc1)CC(=O)N1CCC2C1C(=O)CN2S(=O)(=O)Cc1ccccn1. The first-order chi connectivity index (χ1) is 19.2. The lowest BCUT2D eigenvalue weighted by Crippen LogP contribution is -2.44. The van der Waals surface area contributed by atoms with E-state index in [1.54, 1.807) is 48.7 Å². The molecule has 0 radical (unpaired) electrons. The zero-order valence-electron chi connectivity index (χ0n) is 22.1. The molecule has 2 fully saturated rings. The molecule has 12 heteroatoms. The van der Waals surface area contributed by atoms with Crippen molar-refractivity contribution in [1.29, 1.82) is 0 Å². The molecule has 0 aliphatic carbocycles. The van der Waals surface area contributed by atoms with Crippen molar-refractivity contribution < 1.29 is 27.2 Å². The van der Waals surface area contributed by atoms with Crippen molar-refractivity contribution >= 4 is 27.6 Å². The Bertz CT molecular complexity index is 1460. The van der Waals surface area contributed by atoms with Crippen LogP contribution in [0.4, 0.5) is 0 Å². The molecular formula is C28H31N5O6S. The lowest BCUT2D eigenvalue weighted by atomic mass is 10.0. The van der Waals surface area contributed by atoms with Gasteiger partial charge in [0.15, 0.2) is 17.9 Å². The number of carbonyl (C=O) groups excluding carboxylic acids is 3. The minimum Gasteiger partial charge on any atom is -0.444 e. The number of ketones is 1. The molecule has 3 unspecified atom stereocenters. The van der Waals surface area contributed by atoms with E-state index in [2.05, 4.69) is 15.3 Å². The number of benzene rings is 1. The first-order valence-corrected chi connectivity index (χ1v) is 14.8. The first-order valence-electron chi connectivity index (χ1n) is 13.2. The maximum Gasteiger partial charge on any atom is 0.251 e. The second kappa shape index (κ2) is 11.7. The first kappa shape index (κ1) is 27.7. The number of carbonyl (C=O) groups is 3. The normalized spacial score (nSPS) is 19.9. The molecule has 2 aromatic heterocycles. The molecule has 2 saturated heterocycles. The summed E-state index contributed by atoms with van der Waals surface area (Å²) in [5.74, 6) is -0.351. The summed E-state index contributed by atoms with van der Waals surface area (Å²) in [7, 11) is -3.76. The molecule has 0 saturated carbocycles. The van der Waals surface area contributed by atoms with Gasteiger partial charge in [-0.25, -0.2) is 13.4 Å². The molecule has 2 aliphatic rings. The van der Waals surface area contributed by atoms with Crippen LogP contribution in [0.5, 0.6) is 0 Å². The van der Waals surface area contributed by atoms with Crippen LogP contribution in [0, 0.1) is 5.92 Å². The Labute approximate surface area is 232 Å². The molecule has 2 amide bonds. The van der Waals surface area contributed by atoms with Crippen LogP contribution in [0.3, 0.4) is 0 Å². The highest BCUT2D eigenvalue weighted by molar-refractivity contribution is 7.88. The van der Waals surface area contributed by atoms with Gasteiger partial charge in [0.05, 0.1) is 24.5 Å². The van der Waals surface area contributed by atoms with E-state index >= 15 is 0 Å². The van der Waals surface area contributed by atoms with Crippen molar-refractivity contribution in [3.05, 3.63) is 72.5 Å². The van der Waals surface area contributed by atoms with Gasteiger partial charge in [-0.2, -0.15) is 4.31 Å². The summed E-state index contributed by atoms with van der Waals surface area (Å²) in [5.41, 5.74) is 1.74. The van der Waals surface area contributed by atoms with Crippen molar-refractivity contribution in [2.75, 3.05) is 19.6 Å². The fourth-order valence-electron chi connectivity index (χ4n) is 5.36. The lowest BCUT2D eigenvalue weighted by Gasteiger charge is -2.25. The van der Waals surface area contributed by atoms with E-state index < -0.39 is 22.1 Å². The van der Waals surface area contributed by atoms with Crippen LogP contribution < -0.4 is 5.32 Å². The molecule has 3 aromatic rings. The molecule has 3 atom stereocenters. The van der Waals surface area contributed by atoms with E-state index in [1.165, 1.54) is 21.8 Å². The van der Waals surface area contributed by atoms with E-state index in [0.29, 0.717) is 42.9 Å². The summed E-state index contributed by atoms with van der Waals surface area (Å²) in [6.07, 6.45) is 5.68. The van der Waals surface area contributed by atoms with Crippen LogP contribution in [0.1, 0.15) is 42.2 Å². The predicted octanol–water partition coefficient (Wildman–Crippen LogP) is 2.27. The van der Waals surface area contributed by atoms with E-state index in [1.807, 2.05) is 6.92 Å². The van der Waals surface area contributed by atoms with Crippen LogP contribution in [0.15, 0.2) is 65.7 Å². The van der Waals surface area contributed by atoms with Crippen LogP contribution in [0.2, 0.25) is 0 Å². The standard InChI is InChI=1S/C28H31N5O6S/c1-19(9-12-31-28(36)21-7-5-20(6-8-21)25-15-29-18-39-25)14-26(35)32-13-10-23-27(32)24(34)16-33(23)40(37,38)17-22-4-2-3-11-30-22/h2-8,11,15,18-19,23,27H,9-10,12-14,16-17H2,1H3,(H,31,36). The number of aromatic nitrogens is 2. The molecule has 5 rings (SSSR count). The maximum atomic E-state index is 13.1. The van der Waals surface area contributed by atoms with Gasteiger partial charge in [0, 0.05) is 36.8 Å². The Balaban J connectivity index is 1.10. The van der Waals surface area contributed by atoms with Crippen molar-refractivity contribution in [1.82, 2.24) is 24.5 Å². The highest BCUT2D eigenvalue weighted by atomic mass is 32.2. The monoisotopic (exact) mass is 565 g/mol. The van der Waals surface area contributed by atoms with Crippen molar-refractivity contribution in [3.8, 4) is 11.3 Å². The van der Waals surface area contributed by atoms with Gasteiger partial charge in [-0.1, -0.05) is 25.1 Å². The zero-order valence-corrected chi connectivity index (χ0v) is 22.9. The van der Waals surface area contributed by atoms with Crippen LogP contribution in [-0.2, 0) is 25.4 Å². The number of rotatable bonds is 10. The minimum absolute atomic E-state index is 0.0406. The number of nitrogens with zero attached hydrogens (tertiary/aromatic N) is 4. The second-order valence-electron chi connectivity index (χ2n) is 10.3. The molecule has 1 aromatic carbocycles. The molecular weight excluding hydrogens is 534 g/mol. The number of hydrogen-bond acceptors (Lipinski definition) is 8. The van der Waals surface area contributed by atoms with Crippen LogP contribution in [0.25, 0.3) is 11.3 Å². The topological polar surface area (TPSA) is 143 Å². The Morgan fingerprint density at radius 2 is 1.98 bits per heavy atom. The zero-order chi connectivity index (χ0) is 28.3. The molecule has 40 heavy (non-hydrogen) atoms. The summed E-state index contributed by atoms with van der Waals surface area (Å²) < 4.78 is 32.7. The molecule has 11 nitrogen and oxygen atoms in total. The second-order valence-corrected chi connectivity index (χ2v) is 12.2. The highest BCUT2D eigenvalue weighted by Crippen LogP contribution is 2.33. The fraction of sp³-hybridized carbons (Fsp3) is 0.393. The third kappa shape index (κ3) is 5.97. The maximum absolute atomic E-state index is 13.1. The Hall–Kier alpha value is -3.90. The largest absolute Gasteiger partial charge is 0.444 e. The Morgan fingerprint density at radius 3 is 2.67 bits per heavy atom. The highest BCUT2D eigenvalue weighted by Gasteiger charge is 2.53. The van der Waals surface area contributed by atoms with Gasteiger partial charge in [-0.3, -0.25) is 19.4 Å². The number of sulfonamides is 1. The average Bonchev–Trinajstić information content (AvgIpc) is 3.68. The Kier molecular flexibility index (Phi) is 8.08. The number of oxazole rings is 1. The van der Waals surface area contributed by atoms with E-state index in [0.717, 1.165) is 5.56 Å². The number of hydrogen-bond donors (Lipinski definition) is 1. The molecule has 1 N–H and O–H groups in total. The smallest absolute Gasteiger partial charge is 0.251 e. The predicted molar refractivity (Wildman–Crippen MR) is 145 cm³/mol. The van der Waals surface area contributed by atoms with Gasteiger partial charge in [-0.05, 0) is 43.0 Å². The van der Waals surface area contributed by atoms with Crippen molar-refractivity contribution in [3.63, 3.8) is 0 Å². The van der Waals surface area contributed by atoms with Gasteiger partial charge >= 0.3 is 0 Å². The van der Waals surface area contributed by atoms with Gasteiger partial charge in [0.2, 0.25) is 15.9 Å². The molecule has 0 bridgehead atoms. The third-order valence-electron chi connectivity index (χ3n) is 7.42. The number of fused-ring (bicyclic) bond motifs is 1. The van der Waals surface area contributed by atoms with E-state index in [4.69, 9.17) is 4.42 Å². The van der Waals surface area contributed by atoms with Crippen LogP contribution >= 0.6 is 0 Å². The van der Waals surface area contributed by atoms with Crippen molar-refractivity contribution in [2.24, 2.45) is 5.92 Å². The molecule has 4 heterocycles. The number of Topliss-reactive ketones (excluding diaryl/α,β-unsaturated/α-hetero) is 1. The number of pyridine rings is 1. The van der Waals surface area contributed by atoms with Gasteiger partial charge in [-0.15, -0.1) is 0 Å². The molecule has 2 aliphatic heterocycles. The number of nitrogens with one attached hydrogen (secondary N) is 1.